The van der Waals surface area contributed by atoms with Crippen molar-refractivity contribution in [3.05, 3.63) is 71.0 Å². The van der Waals surface area contributed by atoms with Gasteiger partial charge in [0.15, 0.2) is 0 Å². The van der Waals surface area contributed by atoms with Crippen LogP contribution in [0.25, 0.3) is 11.1 Å². The lowest BCUT2D eigenvalue weighted by Crippen LogP contribution is -2.39. The predicted octanol–water partition coefficient (Wildman–Crippen LogP) is 5.07. The van der Waals surface area contributed by atoms with Crippen LogP contribution in [0.3, 0.4) is 0 Å². The summed E-state index contributed by atoms with van der Waals surface area (Å²) >= 11 is 3.41. The van der Waals surface area contributed by atoms with Gasteiger partial charge in [-0.1, -0.05) is 45.8 Å². The number of piperidine rings is 1. The average Bonchev–Trinajstić information content (AvgIpc) is 2.75. The van der Waals surface area contributed by atoms with Crippen molar-refractivity contribution in [2.75, 3.05) is 23.3 Å². The van der Waals surface area contributed by atoms with Crippen LogP contribution in [0.5, 0.6) is 0 Å². The van der Waals surface area contributed by atoms with Crippen molar-refractivity contribution in [1.29, 1.82) is 0 Å². The highest BCUT2D eigenvalue weighted by Crippen LogP contribution is 2.24. The van der Waals surface area contributed by atoms with Crippen molar-refractivity contribution in [2.45, 2.75) is 19.8 Å². The minimum absolute atomic E-state index is 0.0152. The summed E-state index contributed by atoms with van der Waals surface area (Å²) in [5.41, 5.74) is 4.19. The lowest BCUT2D eigenvalue weighted by molar-refractivity contribution is -0.120. The number of hydrogen-bond donors (Lipinski definition) is 1. The van der Waals surface area contributed by atoms with E-state index in [2.05, 4.69) is 61.2 Å². The number of halogens is 1. The Balaban J connectivity index is 1.34. The highest BCUT2D eigenvalue weighted by Gasteiger charge is 2.26. The average molecular weight is 451 g/mol. The largest absolute Gasteiger partial charge is 0.341 e. The number of aromatic nitrogens is 2. The molecule has 0 unspecified atom stereocenters. The number of carbonyl (C=O) groups is 1. The second kappa shape index (κ2) is 8.74. The predicted molar refractivity (Wildman–Crippen MR) is 120 cm³/mol. The van der Waals surface area contributed by atoms with Crippen molar-refractivity contribution in [1.82, 2.24) is 9.97 Å². The fourth-order valence-corrected chi connectivity index (χ4v) is 3.84. The van der Waals surface area contributed by atoms with Crippen LogP contribution < -0.4 is 10.2 Å². The smallest absolute Gasteiger partial charge is 0.227 e. The molecule has 0 saturated carbocycles. The number of rotatable bonds is 4. The van der Waals surface area contributed by atoms with E-state index < -0.39 is 0 Å². The van der Waals surface area contributed by atoms with Gasteiger partial charge in [0.25, 0.3) is 0 Å². The molecular weight excluding hydrogens is 428 g/mol. The van der Waals surface area contributed by atoms with Gasteiger partial charge in [-0.05, 0) is 49.6 Å². The van der Waals surface area contributed by atoms with Gasteiger partial charge in [0.05, 0.1) is 0 Å². The van der Waals surface area contributed by atoms with Crippen molar-refractivity contribution in [3.63, 3.8) is 0 Å². The number of carbonyl (C=O) groups excluding carboxylic acids is 1. The van der Waals surface area contributed by atoms with Crippen molar-refractivity contribution in [3.8, 4) is 11.1 Å². The van der Waals surface area contributed by atoms with Crippen LogP contribution in [0, 0.1) is 12.8 Å². The molecule has 1 aliphatic heterocycles. The molecule has 0 spiro atoms. The highest BCUT2D eigenvalue weighted by molar-refractivity contribution is 9.10. The Morgan fingerprint density at radius 1 is 1.03 bits per heavy atom. The second-order valence-corrected chi connectivity index (χ2v) is 8.31. The first-order valence-electron chi connectivity index (χ1n) is 9.79. The fourth-order valence-electron chi connectivity index (χ4n) is 3.58. The van der Waals surface area contributed by atoms with Crippen LogP contribution in [0.15, 0.2) is 65.4 Å². The Hall–Kier alpha value is -2.73. The van der Waals surface area contributed by atoms with E-state index in [-0.39, 0.29) is 11.8 Å². The van der Waals surface area contributed by atoms with Crippen molar-refractivity contribution < 1.29 is 4.79 Å². The molecule has 2 aromatic carbocycles. The molecule has 1 aromatic heterocycles. The molecule has 0 aliphatic carbocycles. The zero-order valence-electron chi connectivity index (χ0n) is 16.3. The van der Waals surface area contributed by atoms with Crippen LogP contribution >= 0.6 is 15.9 Å². The molecule has 2 heterocycles. The van der Waals surface area contributed by atoms with E-state index in [0.717, 1.165) is 53.2 Å². The van der Waals surface area contributed by atoms with Gasteiger partial charge in [0, 0.05) is 47.1 Å². The summed E-state index contributed by atoms with van der Waals surface area (Å²) in [4.78, 5) is 23.8. The first-order chi connectivity index (χ1) is 14.1. The van der Waals surface area contributed by atoms with Gasteiger partial charge in [-0.15, -0.1) is 0 Å². The molecule has 5 nitrogen and oxygen atoms in total. The number of amides is 1. The summed E-state index contributed by atoms with van der Waals surface area (Å²) in [5, 5.41) is 3.01. The molecule has 0 radical (unpaired) electrons. The maximum Gasteiger partial charge on any atom is 0.227 e. The third-order valence-corrected chi connectivity index (χ3v) is 5.78. The molecule has 1 aliphatic rings. The van der Waals surface area contributed by atoms with Gasteiger partial charge in [-0.25, -0.2) is 9.97 Å². The maximum absolute atomic E-state index is 12.6. The molecule has 1 saturated heterocycles. The second-order valence-electron chi connectivity index (χ2n) is 7.40. The molecular formula is C23H23BrN4O. The quantitative estimate of drug-likeness (QED) is 0.602. The Labute approximate surface area is 179 Å². The first kappa shape index (κ1) is 19.6. The van der Waals surface area contributed by atoms with Gasteiger partial charge in [-0.3, -0.25) is 4.79 Å². The minimum atomic E-state index is 0.0152. The van der Waals surface area contributed by atoms with E-state index in [1.54, 1.807) is 0 Å². The Morgan fingerprint density at radius 3 is 2.38 bits per heavy atom. The van der Waals surface area contributed by atoms with Crippen molar-refractivity contribution in [2.24, 2.45) is 5.92 Å². The normalized spacial score (nSPS) is 14.6. The SMILES string of the molecule is Cc1cccc(-c2cnc(N3CCC(C(=O)Nc4ccc(Br)cc4)CC3)nc2)c1. The molecule has 1 amide bonds. The molecule has 148 valence electrons. The lowest BCUT2D eigenvalue weighted by atomic mass is 9.96. The van der Waals surface area contributed by atoms with Crippen molar-refractivity contribution >= 4 is 33.5 Å². The summed E-state index contributed by atoms with van der Waals surface area (Å²) < 4.78 is 0.997. The van der Waals surface area contributed by atoms with Gasteiger partial charge in [-0.2, -0.15) is 0 Å². The fraction of sp³-hybridized carbons (Fsp3) is 0.261. The van der Waals surface area contributed by atoms with Crippen LogP contribution in [0.4, 0.5) is 11.6 Å². The standard InChI is InChI=1S/C23H23BrN4O/c1-16-3-2-4-18(13-16)19-14-25-23(26-15-19)28-11-9-17(10-12-28)22(29)27-21-7-5-20(24)6-8-21/h2-8,13-15,17H,9-12H2,1H3,(H,27,29). The number of benzene rings is 2. The van der Waals surface area contributed by atoms with E-state index in [4.69, 9.17) is 0 Å². The van der Waals surface area contributed by atoms with E-state index in [9.17, 15) is 4.79 Å². The van der Waals surface area contributed by atoms with Gasteiger partial charge < -0.3 is 10.2 Å². The number of aryl methyl sites for hydroxylation is 1. The molecule has 4 rings (SSSR count). The molecule has 0 atom stereocenters. The number of nitrogens with zero attached hydrogens (tertiary/aromatic N) is 3. The lowest BCUT2D eigenvalue weighted by Gasteiger charge is -2.31. The van der Waals surface area contributed by atoms with Crippen LogP contribution in [0.2, 0.25) is 0 Å². The Morgan fingerprint density at radius 2 is 1.72 bits per heavy atom. The zero-order chi connectivity index (χ0) is 20.2. The molecule has 0 bridgehead atoms. The maximum atomic E-state index is 12.6. The van der Waals surface area contributed by atoms with Gasteiger partial charge >= 0.3 is 0 Å². The number of hydrogen-bond acceptors (Lipinski definition) is 4. The van der Waals surface area contributed by atoms with E-state index in [1.165, 1.54) is 5.56 Å². The molecule has 29 heavy (non-hydrogen) atoms. The third-order valence-electron chi connectivity index (χ3n) is 5.25. The zero-order valence-corrected chi connectivity index (χ0v) is 17.9. The van der Waals surface area contributed by atoms with E-state index >= 15 is 0 Å². The monoisotopic (exact) mass is 450 g/mol. The van der Waals surface area contributed by atoms with E-state index in [0.29, 0.717) is 0 Å². The summed E-state index contributed by atoms with van der Waals surface area (Å²) in [7, 11) is 0. The Bertz CT molecular complexity index is 981. The number of anilines is 2. The van der Waals surface area contributed by atoms with Gasteiger partial charge in [0.1, 0.15) is 0 Å². The molecule has 1 fully saturated rings. The summed E-state index contributed by atoms with van der Waals surface area (Å²) in [5.74, 6) is 0.831. The van der Waals surface area contributed by atoms with Crippen LogP contribution in [-0.4, -0.2) is 29.0 Å². The number of nitrogens with one attached hydrogen (secondary N) is 1. The van der Waals surface area contributed by atoms with Crippen LogP contribution in [0.1, 0.15) is 18.4 Å². The summed E-state index contributed by atoms with van der Waals surface area (Å²) in [6.07, 6.45) is 5.35. The van der Waals surface area contributed by atoms with E-state index in [1.807, 2.05) is 42.7 Å². The minimum Gasteiger partial charge on any atom is -0.341 e. The molecule has 1 N–H and O–H groups in total. The third kappa shape index (κ3) is 4.82. The molecule has 3 aromatic rings. The summed E-state index contributed by atoms with van der Waals surface area (Å²) in [6.45, 7) is 3.64. The van der Waals surface area contributed by atoms with Gasteiger partial charge in [0.2, 0.25) is 11.9 Å². The molecule has 6 heteroatoms. The highest BCUT2D eigenvalue weighted by atomic mass is 79.9. The van der Waals surface area contributed by atoms with Crippen LogP contribution in [-0.2, 0) is 4.79 Å². The summed E-state index contributed by atoms with van der Waals surface area (Å²) in [6, 6.07) is 16.0. The first-order valence-corrected chi connectivity index (χ1v) is 10.6. The topological polar surface area (TPSA) is 58.1 Å². The Kier molecular flexibility index (Phi) is 5.90.